The normalized spacial score (nSPS) is 12.3. The average molecular weight is 425 g/mol. The van der Waals surface area contributed by atoms with E-state index in [9.17, 15) is 19.8 Å². The first-order chi connectivity index (χ1) is 15.0. The summed E-state index contributed by atoms with van der Waals surface area (Å²) in [6, 6.07) is 13.5. The number of hydrogen-bond acceptors (Lipinski definition) is 3. The third-order valence-corrected chi connectivity index (χ3v) is 6.13. The molecule has 0 unspecified atom stereocenters. The van der Waals surface area contributed by atoms with Gasteiger partial charge in [0.05, 0.1) is 0 Å². The lowest BCUT2D eigenvalue weighted by molar-refractivity contribution is -0.173. The topological polar surface area (TPSA) is 83.8 Å². The van der Waals surface area contributed by atoms with Crippen molar-refractivity contribution in [3.63, 3.8) is 0 Å². The summed E-state index contributed by atoms with van der Waals surface area (Å²) in [6.45, 7) is 2.18. The van der Waals surface area contributed by atoms with Crippen molar-refractivity contribution < 1.29 is 24.5 Å². The van der Waals surface area contributed by atoms with Gasteiger partial charge >= 0.3 is 17.5 Å². The predicted molar refractivity (Wildman–Crippen MR) is 121 cm³/mol. The fourth-order valence-corrected chi connectivity index (χ4v) is 4.34. The lowest BCUT2D eigenvalue weighted by Crippen LogP contribution is -2.51. The summed E-state index contributed by atoms with van der Waals surface area (Å²) in [5.74, 6) is -2.62. The SMILES string of the molecule is CCCCCCCCCCC(Oc1ccc2c(c1)Cc1ccccc1-2)(C(=O)O)C(=O)O. The van der Waals surface area contributed by atoms with Crippen molar-refractivity contribution in [3.05, 3.63) is 53.6 Å². The van der Waals surface area contributed by atoms with Crippen LogP contribution in [0.15, 0.2) is 42.5 Å². The Bertz CT molecular complexity index is 904. The van der Waals surface area contributed by atoms with Crippen LogP contribution in [0, 0.1) is 0 Å². The Balaban J connectivity index is 1.65. The molecule has 5 nitrogen and oxygen atoms in total. The van der Waals surface area contributed by atoms with E-state index < -0.39 is 17.5 Å². The van der Waals surface area contributed by atoms with Gasteiger partial charge in [-0.1, -0.05) is 82.2 Å². The van der Waals surface area contributed by atoms with Crippen LogP contribution in [0.25, 0.3) is 11.1 Å². The van der Waals surface area contributed by atoms with Crippen LogP contribution < -0.4 is 4.74 Å². The Labute approximate surface area is 184 Å². The maximum Gasteiger partial charge on any atom is 0.360 e. The predicted octanol–water partition coefficient (Wildman–Crippen LogP) is 6.08. The number of aliphatic carboxylic acids is 2. The van der Waals surface area contributed by atoms with E-state index in [0.29, 0.717) is 6.42 Å². The van der Waals surface area contributed by atoms with E-state index in [4.69, 9.17) is 4.74 Å². The number of hydrogen-bond donors (Lipinski definition) is 2. The highest BCUT2D eigenvalue weighted by Gasteiger charge is 2.49. The summed E-state index contributed by atoms with van der Waals surface area (Å²) >= 11 is 0. The van der Waals surface area contributed by atoms with E-state index in [2.05, 4.69) is 19.1 Å². The Morgan fingerprint density at radius 3 is 2.13 bits per heavy atom. The molecular weight excluding hydrogens is 392 g/mol. The zero-order valence-corrected chi connectivity index (χ0v) is 18.2. The summed E-state index contributed by atoms with van der Waals surface area (Å²) in [5, 5.41) is 19.6. The van der Waals surface area contributed by atoms with Crippen LogP contribution in [-0.4, -0.2) is 27.8 Å². The zero-order valence-electron chi connectivity index (χ0n) is 18.2. The molecule has 0 fully saturated rings. The van der Waals surface area contributed by atoms with Gasteiger partial charge in [0, 0.05) is 6.42 Å². The molecule has 0 saturated heterocycles. The van der Waals surface area contributed by atoms with Crippen LogP contribution >= 0.6 is 0 Å². The van der Waals surface area contributed by atoms with E-state index in [1.807, 2.05) is 18.2 Å². The first-order valence-corrected chi connectivity index (χ1v) is 11.3. The third-order valence-electron chi connectivity index (χ3n) is 6.13. The highest BCUT2D eigenvalue weighted by Crippen LogP contribution is 2.39. The van der Waals surface area contributed by atoms with Gasteiger partial charge in [0.2, 0.25) is 0 Å². The monoisotopic (exact) mass is 424 g/mol. The van der Waals surface area contributed by atoms with Gasteiger partial charge in [-0.3, -0.25) is 0 Å². The van der Waals surface area contributed by atoms with Crippen LogP contribution in [0.3, 0.4) is 0 Å². The van der Waals surface area contributed by atoms with Crippen molar-refractivity contribution in [1.82, 2.24) is 0 Å². The molecule has 1 aliphatic carbocycles. The molecule has 5 heteroatoms. The molecule has 0 aliphatic heterocycles. The third kappa shape index (κ3) is 5.27. The van der Waals surface area contributed by atoms with E-state index in [1.54, 1.807) is 12.1 Å². The smallest absolute Gasteiger partial charge is 0.360 e. The molecule has 0 spiro atoms. The van der Waals surface area contributed by atoms with E-state index in [1.165, 1.54) is 31.2 Å². The van der Waals surface area contributed by atoms with Crippen molar-refractivity contribution in [2.45, 2.75) is 76.7 Å². The lowest BCUT2D eigenvalue weighted by Gasteiger charge is -2.26. The number of carbonyl (C=O) groups is 2. The second-order valence-corrected chi connectivity index (χ2v) is 8.42. The van der Waals surface area contributed by atoms with Gasteiger partial charge in [0.15, 0.2) is 0 Å². The molecule has 0 bridgehead atoms. The summed E-state index contributed by atoms with van der Waals surface area (Å²) in [7, 11) is 0. The van der Waals surface area contributed by atoms with Gasteiger partial charge in [0.1, 0.15) is 5.75 Å². The number of fused-ring (bicyclic) bond motifs is 3. The van der Waals surface area contributed by atoms with Gasteiger partial charge in [0.25, 0.3) is 0 Å². The molecule has 0 aromatic heterocycles. The molecule has 1 aliphatic rings. The maximum atomic E-state index is 12.0. The molecule has 0 amide bonds. The molecule has 0 radical (unpaired) electrons. The molecular formula is C26H32O5. The molecule has 2 aromatic rings. The van der Waals surface area contributed by atoms with E-state index in [0.717, 1.165) is 42.4 Å². The van der Waals surface area contributed by atoms with Crippen molar-refractivity contribution in [2.24, 2.45) is 0 Å². The van der Waals surface area contributed by atoms with Crippen LogP contribution in [0.4, 0.5) is 0 Å². The fourth-order valence-electron chi connectivity index (χ4n) is 4.34. The van der Waals surface area contributed by atoms with Crippen LogP contribution in [-0.2, 0) is 16.0 Å². The van der Waals surface area contributed by atoms with Crippen molar-refractivity contribution in [2.75, 3.05) is 0 Å². The van der Waals surface area contributed by atoms with E-state index in [-0.39, 0.29) is 12.2 Å². The van der Waals surface area contributed by atoms with Crippen molar-refractivity contribution in [3.8, 4) is 16.9 Å². The molecule has 31 heavy (non-hydrogen) atoms. The minimum Gasteiger partial charge on any atom is -0.478 e. The lowest BCUT2D eigenvalue weighted by atomic mass is 9.95. The summed E-state index contributed by atoms with van der Waals surface area (Å²) < 4.78 is 5.71. The molecule has 166 valence electrons. The van der Waals surface area contributed by atoms with Gasteiger partial charge in [-0.25, -0.2) is 9.59 Å². The summed E-state index contributed by atoms with van der Waals surface area (Å²) in [4.78, 5) is 24.0. The molecule has 0 saturated carbocycles. The van der Waals surface area contributed by atoms with Gasteiger partial charge < -0.3 is 14.9 Å². The van der Waals surface area contributed by atoms with Crippen LogP contribution in [0.5, 0.6) is 5.75 Å². The first kappa shape index (κ1) is 22.9. The number of carboxylic acids is 2. The number of ether oxygens (including phenoxy) is 1. The van der Waals surface area contributed by atoms with Gasteiger partial charge in [-0.15, -0.1) is 0 Å². The molecule has 0 heterocycles. The van der Waals surface area contributed by atoms with Crippen molar-refractivity contribution >= 4 is 11.9 Å². The Kier molecular flexibility index (Phi) is 7.72. The van der Waals surface area contributed by atoms with Gasteiger partial charge in [-0.2, -0.15) is 0 Å². The van der Waals surface area contributed by atoms with Gasteiger partial charge in [-0.05, 0) is 47.2 Å². The molecule has 3 rings (SSSR count). The largest absolute Gasteiger partial charge is 0.478 e. The highest BCUT2D eigenvalue weighted by atomic mass is 16.6. The average Bonchev–Trinajstić information content (AvgIpc) is 3.12. The molecule has 2 N–H and O–H groups in total. The number of carboxylic acid groups (broad SMARTS) is 2. The Morgan fingerprint density at radius 2 is 1.45 bits per heavy atom. The first-order valence-electron chi connectivity index (χ1n) is 11.3. The fraction of sp³-hybridized carbons (Fsp3) is 0.462. The molecule has 0 atom stereocenters. The van der Waals surface area contributed by atoms with Crippen LogP contribution in [0.1, 0.15) is 75.8 Å². The zero-order chi connectivity index (χ0) is 22.3. The Morgan fingerprint density at radius 1 is 0.839 bits per heavy atom. The Hall–Kier alpha value is -2.82. The van der Waals surface area contributed by atoms with Crippen LogP contribution in [0.2, 0.25) is 0 Å². The number of unbranched alkanes of at least 4 members (excludes halogenated alkanes) is 7. The quantitative estimate of drug-likeness (QED) is 0.257. The minimum absolute atomic E-state index is 0.0516. The molecule has 2 aromatic carbocycles. The second-order valence-electron chi connectivity index (χ2n) is 8.42. The number of benzene rings is 2. The standard InChI is InChI=1S/C26H32O5/c1-2-3-4-5-6-7-8-11-16-26(24(27)28,25(29)30)31-21-14-15-23-20(18-21)17-19-12-9-10-13-22(19)23/h9-10,12-15,18H,2-8,11,16-17H2,1H3,(H,27,28)(H,29,30). The minimum atomic E-state index is -2.26. The maximum absolute atomic E-state index is 12.0. The number of rotatable bonds is 13. The summed E-state index contributed by atoms with van der Waals surface area (Å²) in [6.07, 6.45) is 8.89. The highest BCUT2D eigenvalue weighted by molar-refractivity contribution is 6.02. The van der Waals surface area contributed by atoms with E-state index >= 15 is 0 Å². The second kappa shape index (κ2) is 10.5. The summed E-state index contributed by atoms with van der Waals surface area (Å²) in [5.41, 5.74) is 2.21. The van der Waals surface area contributed by atoms with Crippen molar-refractivity contribution in [1.29, 1.82) is 0 Å².